The van der Waals surface area contributed by atoms with Gasteiger partial charge in [0.05, 0.1) is 13.2 Å². The summed E-state index contributed by atoms with van der Waals surface area (Å²) in [4.78, 5) is 2.44. The zero-order valence-corrected chi connectivity index (χ0v) is 9.08. The van der Waals surface area contributed by atoms with E-state index in [9.17, 15) is 0 Å². The molecular weight excluding hydrogens is 255 g/mol. The molecule has 1 fully saturated rings. The second-order valence-corrected chi connectivity index (χ2v) is 4.43. The zero-order valence-electron chi connectivity index (χ0n) is 6.92. The van der Waals surface area contributed by atoms with Crippen molar-refractivity contribution in [2.75, 3.05) is 46.4 Å². The van der Waals surface area contributed by atoms with Crippen LogP contribution in [-0.2, 0) is 4.74 Å². The van der Waals surface area contributed by atoms with E-state index in [4.69, 9.17) is 4.74 Å². The summed E-state index contributed by atoms with van der Waals surface area (Å²) < 4.78 is 7.44. The monoisotopic (exact) mass is 270 g/mol. The van der Waals surface area contributed by atoms with E-state index in [2.05, 4.69) is 37.9 Å². The zero-order chi connectivity index (χ0) is 8.10. The van der Waals surface area contributed by atoms with E-state index in [-0.39, 0.29) is 0 Å². The summed E-state index contributed by atoms with van der Waals surface area (Å²) in [7, 11) is 2.10. The Balaban J connectivity index is 2.05. The Morgan fingerprint density at radius 2 is 2.09 bits per heavy atom. The highest BCUT2D eigenvalue weighted by Gasteiger charge is 2.09. The van der Waals surface area contributed by atoms with E-state index in [1.165, 1.54) is 6.54 Å². The van der Waals surface area contributed by atoms with E-state index in [1.54, 1.807) is 0 Å². The summed E-state index contributed by atoms with van der Waals surface area (Å²) in [5, 5.41) is 0. The van der Waals surface area contributed by atoms with Crippen LogP contribution in [0.1, 0.15) is 0 Å². The van der Waals surface area contributed by atoms with Gasteiger partial charge in [-0.3, -0.25) is 4.90 Å². The van der Waals surface area contributed by atoms with Gasteiger partial charge < -0.3 is 4.74 Å². The van der Waals surface area contributed by atoms with Crippen molar-refractivity contribution in [1.82, 2.24) is 8.01 Å². The predicted octanol–water partition coefficient (Wildman–Crippen LogP) is 0.600. The maximum atomic E-state index is 5.25. The Morgan fingerprint density at radius 3 is 2.64 bits per heavy atom. The first-order valence-electron chi connectivity index (χ1n) is 3.96. The number of hydrogen-bond acceptors (Lipinski definition) is 3. The first-order valence-corrected chi connectivity index (χ1v) is 4.92. The summed E-state index contributed by atoms with van der Waals surface area (Å²) in [5.74, 6) is 0. The molecule has 0 amide bonds. The fourth-order valence-electron chi connectivity index (χ4n) is 1.10. The van der Waals surface area contributed by atoms with Gasteiger partial charge in [-0.05, 0) is 7.05 Å². The van der Waals surface area contributed by atoms with Crippen LogP contribution < -0.4 is 0 Å². The molecule has 66 valence electrons. The number of hydrogen-bond donors (Lipinski definition) is 0. The van der Waals surface area contributed by atoms with Crippen molar-refractivity contribution in [3.63, 3.8) is 0 Å². The van der Waals surface area contributed by atoms with Crippen molar-refractivity contribution in [3.8, 4) is 0 Å². The second kappa shape index (κ2) is 5.29. The molecule has 4 heteroatoms. The first kappa shape index (κ1) is 9.70. The van der Waals surface area contributed by atoms with Crippen molar-refractivity contribution in [2.24, 2.45) is 0 Å². The molecule has 0 radical (unpaired) electrons. The van der Waals surface area contributed by atoms with Crippen LogP contribution >= 0.6 is 22.9 Å². The van der Waals surface area contributed by atoms with Gasteiger partial charge in [-0.25, -0.2) is 3.11 Å². The molecule has 0 unspecified atom stereocenters. The van der Waals surface area contributed by atoms with Crippen LogP contribution in [0, 0.1) is 0 Å². The van der Waals surface area contributed by atoms with Gasteiger partial charge in [0.15, 0.2) is 0 Å². The minimum absolute atomic E-state index is 0.908. The minimum atomic E-state index is 0.908. The summed E-state index contributed by atoms with van der Waals surface area (Å²) in [6.45, 7) is 6.33. The minimum Gasteiger partial charge on any atom is -0.379 e. The summed E-state index contributed by atoms with van der Waals surface area (Å²) in [6.07, 6.45) is 0. The predicted molar refractivity (Wildman–Crippen MR) is 53.9 cm³/mol. The molecule has 0 aromatic heterocycles. The summed E-state index contributed by atoms with van der Waals surface area (Å²) in [5.41, 5.74) is 0. The van der Waals surface area contributed by atoms with Crippen LogP contribution in [0.25, 0.3) is 0 Å². The van der Waals surface area contributed by atoms with Gasteiger partial charge in [0.25, 0.3) is 0 Å². The maximum absolute atomic E-state index is 5.25. The Bertz CT molecular complexity index is 105. The standard InChI is InChI=1S/C7H15IN2O/c1-9(8)2-3-10-4-6-11-7-5-10/h2-7H2,1H3. The third kappa shape index (κ3) is 4.25. The molecule has 0 aromatic carbocycles. The molecule has 0 saturated carbocycles. The van der Waals surface area contributed by atoms with Gasteiger partial charge in [-0.15, -0.1) is 0 Å². The highest BCUT2D eigenvalue weighted by atomic mass is 127. The molecule has 0 atom stereocenters. The molecular formula is C7H15IN2O. The lowest BCUT2D eigenvalue weighted by Crippen LogP contribution is -2.39. The topological polar surface area (TPSA) is 15.7 Å². The number of ether oxygens (including phenoxy) is 1. The molecule has 1 rings (SSSR count). The average Bonchev–Trinajstić information content (AvgIpc) is 2.03. The number of morpholine rings is 1. The first-order chi connectivity index (χ1) is 5.29. The third-order valence-corrected chi connectivity index (χ3v) is 2.31. The quantitative estimate of drug-likeness (QED) is 0.552. The lowest BCUT2D eigenvalue weighted by atomic mass is 10.4. The van der Waals surface area contributed by atoms with Gasteiger partial charge in [0, 0.05) is 49.0 Å². The largest absolute Gasteiger partial charge is 0.379 e. The van der Waals surface area contributed by atoms with Gasteiger partial charge >= 0.3 is 0 Å². The van der Waals surface area contributed by atoms with E-state index in [0.29, 0.717) is 0 Å². The molecule has 11 heavy (non-hydrogen) atoms. The smallest absolute Gasteiger partial charge is 0.0594 e. The van der Waals surface area contributed by atoms with Crippen molar-refractivity contribution in [3.05, 3.63) is 0 Å². The second-order valence-electron chi connectivity index (χ2n) is 2.78. The number of halogens is 1. The van der Waals surface area contributed by atoms with Gasteiger partial charge in [0.2, 0.25) is 0 Å². The lowest BCUT2D eigenvalue weighted by Gasteiger charge is -2.27. The average molecular weight is 270 g/mol. The Labute approximate surface area is 82.2 Å². The van der Waals surface area contributed by atoms with Gasteiger partial charge in [0.1, 0.15) is 0 Å². The van der Waals surface area contributed by atoms with Crippen LogP contribution in [-0.4, -0.2) is 54.5 Å². The molecule has 0 aromatic rings. The summed E-state index contributed by atoms with van der Waals surface area (Å²) >= 11 is 2.31. The van der Waals surface area contributed by atoms with Crippen LogP contribution in [0.15, 0.2) is 0 Å². The van der Waals surface area contributed by atoms with E-state index in [1.807, 2.05) is 0 Å². The van der Waals surface area contributed by atoms with Gasteiger partial charge in [-0.2, -0.15) is 0 Å². The molecule has 3 nitrogen and oxygen atoms in total. The van der Waals surface area contributed by atoms with Crippen LogP contribution in [0.5, 0.6) is 0 Å². The maximum Gasteiger partial charge on any atom is 0.0594 e. The fraction of sp³-hybridized carbons (Fsp3) is 1.00. The van der Waals surface area contributed by atoms with Crippen LogP contribution in [0.3, 0.4) is 0 Å². The molecule has 0 N–H and O–H groups in total. The van der Waals surface area contributed by atoms with Crippen molar-refractivity contribution in [1.29, 1.82) is 0 Å². The van der Waals surface area contributed by atoms with Crippen LogP contribution in [0.4, 0.5) is 0 Å². The highest BCUT2D eigenvalue weighted by Crippen LogP contribution is 1.98. The fourth-order valence-corrected chi connectivity index (χ4v) is 1.32. The Kier molecular flexibility index (Phi) is 4.66. The third-order valence-electron chi connectivity index (χ3n) is 1.83. The molecule has 0 bridgehead atoms. The molecule has 1 saturated heterocycles. The molecule has 1 aliphatic rings. The number of nitrogens with zero attached hydrogens (tertiary/aromatic N) is 2. The summed E-state index contributed by atoms with van der Waals surface area (Å²) in [6, 6.07) is 0. The van der Waals surface area contributed by atoms with Crippen molar-refractivity contribution >= 4 is 22.9 Å². The molecule has 1 aliphatic heterocycles. The number of rotatable bonds is 3. The molecule has 0 spiro atoms. The Hall–Kier alpha value is 0.610. The lowest BCUT2D eigenvalue weighted by molar-refractivity contribution is 0.0373. The molecule has 0 aliphatic carbocycles. The Morgan fingerprint density at radius 1 is 1.45 bits per heavy atom. The van der Waals surface area contributed by atoms with E-state index in [0.717, 1.165) is 32.8 Å². The van der Waals surface area contributed by atoms with E-state index >= 15 is 0 Å². The SMILES string of the molecule is CN(I)CCN1CCOCC1. The van der Waals surface area contributed by atoms with Gasteiger partial charge in [-0.1, -0.05) is 0 Å². The van der Waals surface area contributed by atoms with Crippen molar-refractivity contribution in [2.45, 2.75) is 0 Å². The highest BCUT2D eigenvalue weighted by molar-refractivity contribution is 14.1. The van der Waals surface area contributed by atoms with Crippen molar-refractivity contribution < 1.29 is 4.74 Å². The molecule has 1 heterocycles. The van der Waals surface area contributed by atoms with E-state index < -0.39 is 0 Å². The van der Waals surface area contributed by atoms with Crippen LogP contribution in [0.2, 0.25) is 0 Å². The number of likely N-dealkylation sites (N-methyl/N-ethyl adjacent to an activating group) is 1. The normalized spacial score (nSPS) is 21.0.